The van der Waals surface area contributed by atoms with Crippen LogP contribution in [-0.4, -0.2) is 51.5 Å². The Morgan fingerprint density at radius 2 is 1.89 bits per heavy atom. The molecule has 7 heteroatoms. The first-order valence-electron chi connectivity index (χ1n) is 6.63. The summed E-state index contributed by atoms with van der Waals surface area (Å²) in [4.78, 5) is 15.4. The zero-order valence-electron chi connectivity index (χ0n) is 11.6. The summed E-state index contributed by atoms with van der Waals surface area (Å²) < 4.78 is 0. The lowest BCUT2D eigenvalue weighted by Crippen LogP contribution is -2.22. The van der Waals surface area contributed by atoms with Crippen molar-refractivity contribution in [3.05, 3.63) is 0 Å². The number of hydrogen-bond donors (Lipinski definition) is 2. The predicted molar refractivity (Wildman–Crippen MR) is 77.8 cm³/mol. The predicted octanol–water partition coefficient (Wildman–Crippen LogP) is 1.37. The molecule has 1 fully saturated rings. The number of thioether (sulfide) groups is 1. The fourth-order valence-corrected chi connectivity index (χ4v) is 2.64. The molecule has 2 N–H and O–H groups in total. The van der Waals surface area contributed by atoms with Crippen LogP contribution in [0.3, 0.4) is 0 Å². The van der Waals surface area contributed by atoms with Crippen molar-refractivity contribution in [1.29, 1.82) is 0 Å². The molecule has 0 spiro atoms. The summed E-state index contributed by atoms with van der Waals surface area (Å²) in [5.41, 5.74) is 0. The van der Waals surface area contributed by atoms with Crippen LogP contribution in [0.2, 0.25) is 0 Å². The minimum Gasteiger partial charge on any atom is -0.392 e. The van der Waals surface area contributed by atoms with Gasteiger partial charge in [0.05, 0.1) is 6.10 Å². The van der Waals surface area contributed by atoms with Gasteiger partial charge in [0, 0.05) is 25.4 Å². The van der Waals surface area contributed by atoms with Gasteiger partial charge in [0.25, 0.3) is 0 Å². The summed E-state index contributed by atoms with van der Waals surface area (Å²) >= 11 is 1.48. The van der Waals surface area contributed by atoms with Crippen LogP contribution in [0.1, 0.15) is 26.7 Å². The highest BCUT2D eigenvalue weighted by atomic mass is 32.2. The van der Waals surface area contributed by atoms with Crippen molar-refractivity contribution < 1.29 is 5.11 Å². The first-order chi connectivity index (χ1) is 9.10. The van der Waals surface area contributed by atoms with Crippen molar-refractivity contribution in [1.82, 2.24) is 15.0 Å². The molecule has 2 atom stereocenters. The third-order valence-electron chi connectivity index (χ3n) is 3.19. The Balaban J connectivity index is 2.20. The normalized spacial score (nSPS) is 18.4. The van der Waals surface area contributed by atoms with Crippen LogP contribution in [0.5, 0.6) is 0 Å². The Hall–Kier alpha value is -1.08. The Morgan fingerprint density at radius 3 is 2.47 bits per heavy atom. The van der Waals surface area contributed by atoms with E-state index >= 15 is 0 Å². The van der Waals surface area contributed by atoms with Crippen molar-refractivity contribution in [2.45, 2.75) is 43.2 Å². The summed E-state index contributed by atoms with van der Waals surface area (Å²) in [6.07, 6.45) is 1.98. The highest BCUT2D eigenvalue weighted by Gasteiger charge is 2.19. The smallest absolute Gasteiger partial charge is 0.231 e. The highest BCUT2D eigenvalue weighted by Crippen LogP contribution is 2.25. The average molecular weight is 283 g/mol. The molecule has 0 amide bonds. The molecule has 0 bridgehead atoms. The second-order valence-corrected chi connectivity index (χ2v) is 6.09. The molecular weight excluding hydrogens is 262 g/mol. The molecule has 1 saturated heterocycles. The molecule has 0 saturated carbocycles. The fraction of sp³-hybridized carbons (Fsp3) is 0.750. The van der Waals surface area contributed by atoms with Crippen molar-refractivity contribution in [3.8, 4) is 0 Å². The number of nitrogens with zero attached hydrogens (tertiary/aromatic N) is 4. The third-order valence-corrected chi connectivity index (χ3v) is 4.35. The van der Waals surface area contributed by atoms with Crippen molar-refractivity contribution in [2.24, 2.45) is 0 Å². The van der Waals surface area contributed by atoms with Gasteiger partial charge in [0.2, 0.25) is 11.9 Å². The molecule has 19 heavy (non-hydrogen) atoms. The van der Waals surface area contributed by atoms with E-state index in [-0.39, 0.29) is 5.25 Å². The minimum absolute atomic E-state index is 0.0542. The first-order valence-corrected chi connectivity index (χ1v) is 7.51. The lowest BCUT2D eigenvalue weighted by molar-refractivity contribution is 0.196. The SMILES string of the molecule is CNc1nc(SC(C)C(C)O)nc(N2CCCC2)n1. The van der Waals surface area contributed by atoms with E-state index in [0.717, 1.165) is 19.0 Å². The molecule has 106 valence electrons. The number of aromatic nitrogens is 3. The van der Waals surface area contributed by atoms with Crippen LogP contribution >= 0.6 is 11.8 Å². The summed E-state index contributed by atoms with van der Waals surface area (Å²) in [5.74, 6) is 1.31. The van der Waals surface area contributed by atoms with E-state index in [2.05, 4.69) is 25.2 Å². The highest BCUT2D eigenvalue weighted by molar-refractivity contribution is 7.99. The molecule has 0 radical (unpaired) electrons. The van der Waals surface area contributed by atoms with E-state index < -0.39 is 6.10 Å². The maximum Gasteiger partial charge on any atom is 0.231 e. The van der Waals surface area contributed by atoms with Gasteiger partial charge < -0.3 is 15.3 Å². The van der Waals surface area contributed by atoms with Gasteiger partial charge in [0.1, 0.15) is 0 Å². The molecule has 2 heterocycles. The zero-order chi connectivity index (χ0) is 13.8. The number of rotatable bonds is 5. The second-order valence-electron chi connectivity index (χ2n) is 4.75. The van der Waals surface area contributed by atoms with Gasteiger partial charge in [-0.3, -0.25) is 0 Å². The van der Waals surface area contributed by atoms with Crippen LogP contribution < -0.4 is 10.2 Å². The van der Waals surface area contributed by atoms with E-state index in [1.807, 2.05) is 6.92 Å². The molecule has 6 nitrogen and oxygen atoms in total. The van der Waals surface area contributed by atoms with E-state index in [0.29, 0.717) is 11.1 Å². The first kappa shape index (κ1) is 14.3. The summed E-state index contributed by atoms with van der Waals surface area (Å²) in [6, 6.07) is 0. The molecule has 2 rings (SSSR count). The Morgan fingerprint density at radius 1 is 1.21 bits per heavy atom. The maximum absolute atomic E-state index is 9.57. The Bertz CT molecular complexity index is 423. The second kappa shape index (κ2) is 6.38. The monoisotopic (exact) mass is 283 g/mol. The Labute approximate surface area is 118 Å². The molecule has 0 aliphatic carbocycles. The van der Waals surface area contributed by atoms with Crippen molar-refractivity contribution >= 4 is 23.7 Å². The number of aliphatic hydroxyl groups excluding tert-OH is 1. The summed E-state index contributed by atoms with van der Waals surface area (Å²) in [7, 11) is 1.80. The standard InChI is InChI=1S/C12H21N5OS/c1-8(18)9(2)19-12-15-10(13-3)14-11(16-12)17-6-4-5-7-17/h8-9,18H,4-7H2,1-3H3,(H,13,14,15,16). The van der Waals surface area contributed by atoms with Gasteiger partial charge in [-0.1, -0.05) is 18.7 Å². The lowest BCUT2D eigenvalue weighted by Gasteiger charge is -2.18. The van der Waals surface area contributed by atoms with Gasteiger partial charge in [-0.25, -0.2) is 0 Å². The number of aliphatic hydroxyl groups is 1. The zero-order valence-corrected chi connectivity index (χ0v) is 12.4. The van der Waals surface area contributed by atoms with Crippen molar-refractivity contribution in [3.63, 3.8) is 0 Å². The minimum atomic E-state index is -0.393. The largest absolute Gasteiger partial charge is 0.392 e. The number of nitrogens with one attached hydrogen (secondary N) is 1. The summed E-state index contributed by atoms with van der Waals surface area (Å²) in [5, 5.41) is 13.3. The van der Waals surface area contributed by atoms with Gasteiger partial charge in [-0.05, 0) is 19.8 Å². The maximum atomic E-state index is 9.57. The fourth-order valence-electron chi connectivity index (χ4n) is 1.83. The number of hydrogen-bond acceptors (Lipinski definition) is 7. The Kier molecular flexibility index (Phi) is 4.81. The lowest BCUT2D eigenvalue weighted by atomic mass is 10.3. The molecule has 1 aromatic rings. The number of anilines is 2. The van der Waals surface area contributed by atoms with Gasteiger partial charge >= 0.3 is 0 Å². The van der Waals surface area contributed by atoms with Crippen molar-refractivity contribution in [2.75, 3.05) is 30.4 Å². The van der Waals surface area contributed by atoms with Crippen LogP contribution in [0.25, 0.3) is 0 Å². The van der Waals surface area contributed by atoms with Crippen LogP contribution in [0.4, 0.5) is 11.9 Å². The quantitative estimate of drug-likeness (QED) is 0.791. The third kappa shape index (κ3) is 3.70. The van der Waals surface area contributed by atoms with Gasteiger partial charge in [0.15, 0.2) is 5.16 Å². The van der Waals surface area contributed by atoms with E-state index in [4.69, 9.17) is 0 Å². The molecule has 1 aliphatic heterocycles. The van der Waals surface area contributed by atoms with Gasteiger partial charge in [-0.15, -0.1) is 0 Å². The summed E-state index contributed by atoms with van der Waals surface area (Å²) in [6.45, 7) is 5.75. The molecule has 1 aromatic heterocycles. The van der Waals surface area contributed by atoms with E-state index in [1.165, 1.54) is 24.6 Å². The topological polar surface area (TPSA) is 74.2 Å². The van der Waals surface area contributed by atoms with Crippen LogP contribution in [-0.2, 0) is 0 Å². The molecule has 1 aliphatic rings. The van der Waals surface area contributed by atoms with Crippen LogP contribution in [0, 0.1) is 0 Å². The van der Waals surface area contributed by atoms with Crippen LogP contribution in [0.15, 0.2) is 5.16 Å². The van der Waals surface area contributed by atoms with Gasteiger partial charge in [-0.2, -0.15) is 15.0 Å². The average Bonchev–Trinajstić information content (AvgIpc) is 2.92. The van der Waals surface area contributed by atoms with E-state index in [1.54, 1.807) is 14.0 Å². The molecular formula is C12H21N5OS. The molecule has 2 unspecified atom stereocenters. The molecule has 0 aromatic carbocycles. The van der Waals surface area contributed by atoms with E-state index in [9.17, 15) is 5.11 Å².